The van der Waals surface area contributed by atoms with Gasteiger partial charge in [-0.05, 0) is 45.2 Å². The Kier molecular flexibility index (Phi) is 4.62. The molecule has 2 aliphatic heterocycles. The van der Waals surface area contributed by atoms with E-state index in [2.05, 4.69) is 9.88 Å². The van der Waals surface area contributed by atoms with Gasteiger partial charge in [-0.2, -0.15) is 0 Å². The van der Waals surface area contributed by atoms with Crippen molar-refractivity contribution in [2.75, 3.05) is 31.1 Å². The van der Waals surface area contributed by atoms with Gasteiger partial charge in [0, 0.05) is 32.4 Å². The van der Waals surface area contributed by atoms with Crippen molar-refractivity contribution >= 4 is 11.7 Å². The van der Waals surface area contributed by atoms with E-state index in [9.17, 15) is 4.79 Å². The van der Waals surface area contributed by atoms with Crippen LogP contribution in [0.15, 0.2) is 18.3 Å². The van der Waals surface area contributed by atoms with Crippen LogP contribution in [-0.4, -0.2) is 54.2 Å². The zero-order valence-electron chi connectivity index (χ0n) is 13.5. The van der Waals surface area contributed by atoms with E-state index in [-0.39, 0.29) is 18.1 Å². The van der Waals surface area contributed by atoms with Crippen molar-refractivity contribution in [3.8, 4) is 0 Å². The lowest BCUT2D eigenvalue weighted by atomic mass is 10.1. The molecule has 3 rings (SSSR count). The summed E-state index contributed by atoms with van der Waals surface area (Å²) in [5.74, 6) is 0.926. The molecular weight excluding hydrogens is 278 g/mol. The van der Waals surface area contributed by atoms with E-state index in [4.69, 9.17) is 4.74 Å². The van der Waals surface area contributed by atoms with Crippen LogP contribution in [0.2, 0.25) is 0 Å². The van der Waals surface area contributed by atoms with Crippen molar-refractivity contribution in [3.05, 3.63) is 23.9 Å². The minimum absolute atomic E-state index is 0.0793. The third-order valence-corrected chi connectivity index (χ3v) is 4.38. The molecule has 0 saturated carbocycles. The Morgan fingerprint density at radius 1 is 1.18 bits per heavy atom. The van der Waals surface area contributed by atoms with E-state index >= 15 is 0 Å². The van der Waals surface area contributed by atoms with Crippen LogP contribution in [0.1, 0.15) is 43.5 Å². The number of nitrogens with zero attached hydrogens (tertiary/aromatic N) is 3. The summed E-state index contributed by atoms with van der Waals surface area (Å²) >= 11 is 0. The topological polar surface area (TPSA) is 45.7 Å². The summed E-state index contributed by atoms with van der Waals surface area (Å²) < 4.78 is 5.73. The zero-order chi connectivity index (χ0) is 15.5. The SMILES string of the molecule is C[C@@H]1CN(C(=O)c2cccnc2N2CCCCC2)C[C@H](C)O1. The second-order valence-electron chi connectivity index (χ2n) is 6.39. The summed E-state index contributed by atoms with van der Waals surface area (Å²) in [5.41, 5.74) is 0.728. The molecule has 0 N–H and O–H groups in total. The minimum atomic E-state index is 0.0793. The van der Waals surface area contributed by atoms with Crippen LogP contribution < -0.4 is 4.90 Å². The molecule has 0 spiro atoms. The molecule has 2 aliphatic rings. The van der Waals surface area contributed by atoms with Crippen LogP contribution >= 0.6 is 0 Å². The fraction of sp³-hybridized carbons (Fsp3) is 0.647. The van der Waals surface area contributed by atoms with Crippen LogP contribution in [0.4, 0.5) is 5.82 Å². The number of carbonyl (C=O) groups excluding carboxylic acids is 1. The first-order chi connectivity index (χ1) is 10.6. The number of hydrogen-bond acceptors (Lipinski definition) is 4. The fourth-order valence-electron chi connectivity index (χ4n) is 3.44. The molecular formula is C17H25N3O2. The highest BCUT2D eigenvalue weighted by molar-refractivity contribution is 5.99. The lowest BCUT2D eigenvalue weighted by Crippen LogP contribution is -2.48. The quantitative estimate of drug-likeness (QED) is 0.841. The summed E-state index contributed by atoms with van der Waals surface area (Å²) in [4.78, 5) is 21.6. The molecule has 1 aromatic heterocycles. The Labute approximate surface area is 132 Å². The predicted octanol–water partition coefficient (Wildman–Crippen LogP) is 2.32. The van der Waals surface area contributed by atoms with E-state index in [1.165, 1.54) is 19.3 Å². The number of hydrogen-bond donors (Lipinski definition) is 0. The number of amides is 1. The maximum absolute atomic E-state index is 13.0. The molecule has 3 heterocycles. The molecule has 5 nitrogen and oxygen atoms in total. The highest BCUT2D eigenvalue weighted by atomic mass is 16.5. The summed E-state index contributed by atoms with van der Waals surface area (Å²) in [6.07, 6.45) is 5.58. The van der Waals surface area contributed by atoms with Crippen LogP contribution in [0.25, 0.3) is 0 Å². The van der Waals surface area contributed by atoms with Gasteiger partial charge in [0.2, 0.25) is 0 Å². The van der Waals surface area contributed by atoms with Gasteiger partial charge in [-0.3, -0.25) is 4.79 Å². The smallest absolute Gasteiger partial charge is 0.257 e. The average molecular weight is 303 g/mol. The fourth-order valence-corrected chi connectivity index (χ4v) is 3.44. The van der Waals surface area contributed by atoms with Crippen molar-refractivity contribution in [1.29, 1.82) is 0 Å². The normalized spacial score (nSPS) is 26.1. The second kappa shape index (κ2) is 6.65. The van der Waals surface area contributed by atoms with Gasteiger partial charge >= 0.3 is 0 Å². The summed E-state index contributed by atoms with van der Waals surface area (Å²) in [6, 6.07) is 3.76. The summed E-state index contributed by atoms with van der Waals surface area (Å²) in [6.45, 7) is 7.32. The number of aromatic nitrogens is 1. The molecule has 1 amide bonds. The van der Waals surface area contributed by atoms with Gasteiger partial charge in [-0.25, -0.2) is 4.98 Å². The van der Waals surface area contributed by atoms with Gasteiger partial charge in [-0.1, -0.05) is 0 Å². The number of piperidine rings is 1. The Balaban J connectivity index is 1.82. The standard InChI is InChI=1S/C17H25N3O2/c1-13-11-20(12-14(2)22-13)17(21)15-7-6-8-18-16(15)19-9-4-3-5-10-19/h6-8,13-14H,3-5,9-12H2,1-2H3/t13-,14+. The molecule has 22 heavy (non-hydrogen) atoms. The molecule has 0 aliphatic carbocycles. The Morgan fingerprint density at radius 3 is 2.55 bits per heavy atom. The van der Waals surface area contributed by atoms with Crippen LogP contribution in [0, 0.1) is 0 Å². The Hall–Kier alpha value is -1.62. The number of carbonyl (C=O) groups is 1. The van der Waals surface area contributed by atoms with Crippen molar-refractivity contribution in [3.63, 3.8) is 0 Å². The van der Waals surface area contributed by atoms with Crippen molar-refractivity contribution in [2.45, 2.75) is 45.3 Å². The number of rotatable bonds is 2. The molecule has 1 aromatic rings. The van der Waals surface area contributed by atoms with E-state index < -0.39 is 0 Å². The van der Waals surface area contributed by atoms with E-state index in [0.717, 1.165) is 24.5 Å². The predicted molar refractivity (Wildman–Crippen MR) is 86.2 cm³/mol. The van der Waals surface area contributed by atoms with Crippen LogP contribution in [0.5, 0.6) is 0 Å². The van der Waals surface area contributed by atoms with Gasteiger partial charge in [0.05, 0.1) is 17.8 Å². The summed E-state index contributed by atoms with van der Waals surface area (Å²) in [5, 5.41) is 0. The number of morpholine rings is 1. The molecule has 120 valence electrons. The first-order valence-corrected chi connectivity index (χ1v) is 8.30. The molecule has 0 radical (unpaired) electrons. The lowest BCUT2D eigenvalue weighted by molar-refractivity contribution is -0.0586. The number of pyridine rings is 1. The van der Waals surface area contributed by atoms with E-state index in [1.807, 2.05) is 30.9 Å². The molecule has 2 atom stereocenters. The minimum Gasteiger partial charge on any atom is -0.372 e. The Morgan fingerprint density at radius 2 is 1.86 bits per heavy atom. The first-order valence-electron chi connectivity index (χ1n) is 8.30. The maximum atomic E-state index is 13.0. The van der Waals surface area contributed by atoms with Crippen molar-refractivity contribution in [1.82, 2.24) is 9.88 Å². The van der Waals surface area contributed by atoms with Gasteiger partial charge in [0.25, 0.3) is 5.91 Å². The van der Waals surface area contributed by atoms with Gasteiger partial charge in [-0.15, -0.1) is 0 Å². The molecule has 2 saturated heterocycles. The van der Waals surface area contributed by atoms with E-state index in [1.54, 1.807) is 6.20 Å². The molecule has 5 heteroatoms. The second-order valence-corrected chi connectivity index (χ2v) is 6.39. The van der Waals surface area contributed by atoms with Crippen LogP contribution in [0.3, 0.4) is 0 Å². The maximum Gasteiger partial charge on any atom is 0.257 e. The van der Waals surface area contributed by atoms with Crippen molar-refractivity contribution < 1.29 is 9.53 Å². The van der Waals surface area contributed by atoms with Gasteiger partial charge in [0.1, 0.15) is 5.82 Å². The highest BCUT2D eigenvalue weighted by Crippen LogP contribution is 2.24. The van der Waals surface area contributed by atoms with E-state index in [0.29, 0.717) is 13.1 Å². The average Bonchev–Trinajstić information content (AvgIpc) is 2.54. The lowest BCUT2D eigenvalue weighted by Gasteiger charge is -2.36. The molecule has 0 bridgehead atoms. The molecule has 0 unspecified atom stereocenters. The Bertz CT molecular complexity index is 518. The largest absolute Gasteiger partial charge is 0.372 e. The first kappa shape index (κ1) is 15.3. The summed E-state index contributed by atoms with van der Waals surface area (Å²) in [7, 11) is 0. The van der Waals surface area contributed by atoms with Gasteiger partial charge in [0.15, 0.2) is 0 Å². The third-order valence-electron chi connectivity index (χ3n) is 4.38. The van der Waals surface area contributed by atoms with Crippen LogP contribution in [-0.2, 0) is 4.74 Å². The van der Waals surface area contributed by atoms with Crippen molar-refractivity contribution in [2.24, 2.45) is 0 Å². The number of ether oxygens (including phenoxy) is 1. The number of anilines is 1. The highest BCUT2D eigenvalue weighted by Gasteiger charge is 2.29. The monoisotopic (exact) mass is 303 g/mol. The third kappa shape index (κ3) is 3.24. The molecule has 0 aromatic carbocycles. The molecule has 2 fully saturated rings. The zero-order valence-corrected chi connectivity index (χ0v) is 13.5. The van der Waals surface area contributed by atoms with Gasteiger partial charge < -0.3 is 14.5 Å².